The van der Waals surface area contributed by atoms with E-state index in [-0.39, 0.29) is 42.1 Å². The molecule has 9 nitrogen and oxygen atoms in total. The van der Waals surface area contributed by atoms with Crippen molar-refractivity contribution in [3.8, 4) is 11.5 Å². The van der Waals surface area contributed by atoms with Crippen molar-refractivity contribution in [3.05, 3.63) is 82.8 Å². The lowest BCUT2D eigenvalue weighted by molar-refractivity contribution is 0.474. The monoisotopic (exact) mass is 588 g/mol. The normalized spacial score (nSPS) is 12.6. The number of rotatable bonds is 6. The van der Waals surface area contributed by atoms with Crippen molar-refractivity contribution in [1.29, 1.82) is 0 Å². The van der Waals surface area contributed by atoms with Gasteiger partial charge in [-0.2, -0.15) is 16.8 Å². The average molecular weight is 589 g/mol. The fourth-order valence-electron chi connectivity index (χ4n) is 3.30. The van der Waals surface area contributed by atoms with Gasteiger partial charge in [0, 0.05) is 16.5 Å². The first kappa shape index (κ1) is 26.4. The summed E-state index contributed by atoms with van der Waals surface area (Å²) in [4.78, 5) is -1.39. The molecule has 4 aromatic carbocycles. The maximum Gasteiger partial charge on any atom is 0.294 e. The summed E-state index contributed by atoms with van der Waals surface area (Å²) < 4.78 is 96.9. The molecule has 188 valence electrons. The van der Waals surface area contributed by atoms with Crippen molar-refractivity contribution in [2.45, 2.75) is 19.6 Å². The van der Waals surface area contributed by atoms with Crippen LogP contribution in [0.4, 0.5) is 0 Å². The molecule has 2 N–H and O–H groups in total. The molecule has 0 bridgehead atoms. The molecule has 0 radical (unpaired) electrons. The summed E-state index contributed by atoms with van der Waals surface area (Å²) in [6.07, 6.45) is 0. The standard InChI is InChI=1S/C22H14Cl2O9S3/c23-14-1-8-20(24)22(11-14)34(25,26)16-4-2-15(3-5-16)33-21-12-18(36(30,31)32)10-13-9-17(35(27,28)29)6-7-19(13)21/h1-12H,(H,27,28,29)(H,30,31,32). The van der Waals surface area contributed by atoms with E-state index in [1.165, 1.54) is 48.5 Å². The first-order valence-corrected chi connectivity index (χ1v) is 14.8. The maximum absolute atomic E-state index is 13.0. The van der Waals surface area contributed by atoms with Crippen LogP contribution in [0, 0.1) is 0 Å². The molecule has 0 fully saturated rings. The van der Waals surface area contributed by atoms with Crippen molar-refractivity contribution >= 4 is 64.0 Å². The molecule has 0 heterocycles. The number of hydrogen-bond donors (Lipinski definition) is 2. The van der Waals surface area contributed by atoms with Crippen LogP contribution < -0.4 is 4.74 Å². The van der Waals surface area contributed by atoms with Crippen LogP contribution in [0.5, 0.6) is 11.5 Å². The Morgan fingerprint density at radius 1 is 0.639 bits per heavy atom. The third kappa shape index (κ3) is 5.34. The Bertz CT molecular complexity index is 1830. The zero-order valence-corrected chi connectivity index (χ0v) is 21.6. The van der Waals surface area contributed by atoms with E-state index in [2.05, 4.69) is 0 Å². The lowest BCUT2D eigenvalue weighted by Crippen LogP contribution is -2.03. The molecule has 0 saturated carbocycles. The van der Waals surface area contributed by atoms with E-state index in [9.17, 15) is 34.4 Å². The Hall–Kier alpha value is -2.71. The van der Waals surface area contributed by atoms with Crippen LogP contribution in [-0.4, -0.2) is 34.4 Å². The van der Waals surface area contributed by atoms with Crippen molar-refractivity contribution in [1.82, 2.24) is 0 Å². The Balaban J connectivity index is 1.77. The van der Waals surface area contributed by atoms with E-state index in [4.69, 9.17) is 27.9 Å². The van der Waals surface area contributed by atoms with Crippen LogP contribution in [-0.2, 0) is 30.1 Å². The summed E-state index contributed by atoms with van der Waals surface area (Å²) in [6.45, 7) is 0. The van der Waals surface area contributed by atoms with Crippen molar-refractivity contribution in [2.24, 2.45) is 0 Å². The van der Waals surface area contributed by atoms with E-state index in [1.54, 1.807) is 0 Å². The number of benzene rings is 4. The second-order valence-corrected chi connectivity index (χ2v) is 13.0. The quantitative estimate of drug-likeness (QED) is 0.287. The van der Waals surface area contributed by atoms with E-state index in [0.29, 0.717) is 0 Å². The van der Waals surface area contributed by atoms with E-state index in [0.717, 1.165) is 24.3 Å². The van der Waals surface area contributed by atoms with Crippen LogP contribution >= 0.6 is 23.2 Å². The minimum atomic E-state index is -4.72. The molecule has 0 saturated heterocycles. The van der Waals surface area contributed by atoms with Gasteiger partial charge >= 0.3 is 0 Å². The predicted molar refractivity (Wildman–Crippen MR) is 132 cm³/mol. The molecule has 4 rings (SSSR count). The minimum absolute atomic E-state index is 0.0162. The number of hydrogen-bond acceptors (Lipinski definition) is 7. The highest BCUT2D eigenvalue weighted by molar-refractivity contribution is 7.91. The molecule has 14 heteroatoms. The summed E-state index contributed by atoms with van der Waals surface area (Å²) >= 11 is 11.9. The third-order valence-corrected chi connectivity index (χ3v) is 9.17. The number of ether oxygens (including phenoxy) is 1. The Morgan fingerprint density at radius 2 is 1.22 bits per heavy atom. The number of sulfone groups is 1. The van der Waals surface area contributed by atoms with Gasteiger partial charge in [0.1, 0.15) is 11.5 Å². The molecule has 36 heavy (non-hydrogen) atoms. The second kappa shape index (κ2) is 9.30. The molecule has 0 aliphatic rings. The molecular formula is C22H14Cl2O9S3. The van der Waals surface area contributed by atoms with Crippen molar-refractivity contribution < 1.29 is 39.1 Å². The van der Waals surface area contributed by atoms with Crippen molar-refractivity contribution in [3.63, 3.8) is 0 Å². The minimum Gasteiger partial charge on any atom is -0.457 e. The van der Waals surface area contributed by atoms with Gasteiger partial charge in [0.2, 0.25) is 9.84 Å². The van der Waals surface area contributed by atoms with Crippen LogP contribution in [0.15, 0.2) is 92.4 Å². The Labute approximate surface area is 216 Å². The molecule has 0 aromatic heterocycles. The Kier molecular flexibility index (Phi) is 6.81. The van der Waals surface area contributed by atoms with Crippen LogP contribution in [0.3, 0.4) is 0 Å². The molecule has 0 unspecified atom stereocenters. The first-order valence-electron chi connectivity index (χ1n) is 9.67. The topological polar surface area (TPSA) is 152 Å². The maximum atomic E-state index is 13.0. The lowest BCUT2D eigenvalue weighted by atomic mass is 10.1. The molecule has 0 aliphatic heterocycles. The van der Waals surface area contributed by atoms with Gasteiger partial charge in [-0.1, -0.05) is 23.2 Å². The first-order chi connectivity index (χ1) is 16.7. The molecule has 0 amide bonds. The van der Waals surface area contributed by atoms with Gasteiger partial charge in [0.25, 0.3) is 20.2 Å². The fourth-order valence-corrected chi connectivity index (χ4v) is 6.37. The van der Waals surface area contributed by atoms with Gasteiger partial charge in [-0.05, 0) is 72.1 Å². The largest absolute Gasteiger partial charge is 0.457 e. The number of halogens is 2. The molecular weight excluding hydrogens is 575 g/mol. The van der Waals surface area contributed by atoms with Crippen molar-refractivity contribution in [2.75, 3.05) is 0 Å². The summed E-state index contributed by atoms with van der Waals surface area (Å²) in [7, 11) is -13.3. The molecule has 0 spiro atoms. The highest BCUT2D eigenvalue weighted by Gasteiger charge is 2.22. The fraction of sp³-hybridized carbons (Fsp3) is 0. The second-order valence-electron chi connectivity index (χ2n) is 7.41. The predicted octanol–water partition coefficient (Wildman–Crippen LogP) is 5.27. The van der Waals surface area contributed by atoms with Crippen LogP contribution in [0.1, 0.15) is 0 Å². The summed E-state index contributed by atoms with van der Waals surface area (Å²) in [5.74, 6) is 0.00860. The average Bonchev–Trinajstić information content (AvgIpc) is 2.79. The van der Waals surface area contributed by atoms with Gasteiger partial charge < -0.3 is 4.74 Å². The molecule has 0 aliphatic carbocycles. The van der Waals surface area contributed by atoms with Gasteiger partial charge in [-0.25, -0.2) is 8.42 Å². The SMILES string of the molecule is O=S(=O)(O)c1ccc2c(Oc3ccc(S(=O)(=O)c4cc(Cl)ccc4Cl)cc3)cc(S(=O)(=O)O)cc2c1. The van der Waals surface area contributed by atoms with E-state index < -0.39 is 39.9 Å². The summed E-state index contributed by atoms with van der Waals surface area (Å²) in [5.41, 5.74) is 0. The van der Waals surface area contributed by atoms with E-state index >= 15 is 0 Å². The van der Waals surface area contributed by atoms with Gasteiger partial charge in [0.05, 0.1) is 24.6 Å². The third-order valence-electron chi connectivity index (χ3n) is 5.00. The smallest absolute Gasteiger partial charge is 0.294 e. The zero-order chi connectivity index (χ0) is 26.5. The zero-order valence-electron chi connectivity index (χ0n) is 17.7. The van der Waals surface area contributed by atoms with Crippen LogP contribution in [0.2, 0.25) is 10.0 Å². The van der Waals surface area contributed by atoms with Gasteiger partial charge in [-0.3, -0.25) is 9.11 Å². The van der Waals surface area contributed by atoms with E-state index in [1.807, 2.05) is 0 Å². The molecule has 0 atom stereocenters. The van der Waals surface area contributed by atoms with Gasteiger partial charge in [-0.15, -0.1) is 0 Å². The Morgan fingerprint density at radius 3 is 1.83 bits per heavy atom. The molecule has 4 aromatic rings. The highest BCUT2D eigenvalue weighted by atomic mass is 35.5. The van der Waals surface area contributed by atoms with Crippen LogP contribution in [0.25, 0.3) is 10.8 Å². The van der Waals surface area contributed by atoms with Gasteiger partial charge in [0.15, 0.2) is 0 Å². The summed E-state index contributed by atoms with van der Waals surface area (Å²) in [5, 5.41) is 0.445. The summed E-state index contributed by atoms with van der Waals surface area (Å²) in [6, 6.07) is 14.5. The lowest BCUT2D eigenvalue weighted by Gasteiger charge is -2.12. The highest BCUT2D eigenvalue weighted by Crippen LogP contribution is 2.36. The number of fused-ring (bicyclic) bond motifs is 1.